The highest BCUT2D eigenvalue weighted by atomic mass is 16.5. The van der Waals surface area contributed by atoms with Crippen molar-refractivity contribution in [2.75, 3.05) is 13.2 Å². The summed E-state index contributed by atoms with van der Waals surface area (Å²) in [5.41, 5.74) is 0. The first-order chi connectivity index (χ1) is 35.5. The second-order valence-electron chi connectivity index (χ2n) is 22.8. The smallest absolute Gasteiger partial charge is 0.305 e. The zero-order valence-corrected chi connectivity index (χ0v) is 48.9. The Morgan fingerprint density at radius 2 is 0.653 bits per heavy atom. The van der Waals surface area contributed by atoms with Crippen LogP contribution in [0.1, 0.15) is 373 Å². The molecular formula is C66H129NO5. The Labute approximate surface area is 450 Å². The lowest BCUT2D eigenvalue weighted by atomic mass is 10.0. The maximum absolute atomic E-state index is 12.5. The Bertz CT molecular complexity index is 1080. The van der Waals surface area contributed by atoms with Crippen LogP contribution in [0.25, 0.3) is 0 Å². The van der Waals surface area contributed by atoms with Crippen molar-refractivity contribution in [1.29, 1.82) is 0 Å². The molecule has 0 rings (SSSR count). The van der Waals surface area contributed by atoms with Gasteiger partial charge in [0, 0.05) is 12.8 Å². The second kappa shape index (κ2) is 62.1. The van der Waals surface area contributed by atoms with Crippen molar-refractivity contribution in [3.8, 4) is 0 Å². The molecule has 1 amide bonds. The van der Waals surface area contributed by atoms with Crippen LogP contribution in [0, 0.1) is 0 Å². The number of hydrogen-bond acceptors (Lipinski definition) is 5. The molecule has 6 heteroatoms. The van der Waals surface area contributed by atoms with Gasteiger partial charge in [0.05, 0.1) is 25.4 Å². The molecule has 0 aromatic rings. The lowest BCUT2D eigenvalue weighted by Crippen LogP contribution is -2.45. The van der Waals surface area contributed by atoms with Crippen molar-refractivity contribution >= 4 is 11.9 Å². The van der Waals surface area contributed by atoms with Gasteiger partial charge in [-0.1, -0.05) is 321 Å². The molecular weight excluding hydrogens is 887 g/mol. The minimum atomic E-state index is -0.671. The molecule has 0 fully saturated rings. The van der Waals surface area contributed by atoms with Crippen LogP contribution in [-0.2, 0) is 14.3 Å². The lowest BCUT2D eigenvalue weighted by Gasteiger charge is -2.22. The molecule has 0 aliphatic rings. The summed E-state index contributed by atoms with van der Waals surface area (Å²) in [4.78, 5) is 24.6. The number of amides is 1. The number of esters is 1. The van der Waals surface area contributed by atoms with Gasteiger partial charge in [-0.15, -0.1) is 0 Å². The van der Waals surface area contributed by atoms with Gasteiger partial charge >= 0.3 is 5.97 Å². The Balaban J connectivity index is 3.43. The molecule has 0 spiro atoms. The van der Waals surface area contributed by atoms with Crippen molar-refractivity contribution in [1.82, 2.24) is 5.32 Å². The topological polar surface area (TPSA) is 95.9 Å². The number of carbonyl (C=O) groups excluding carboxylic acids is 2. The number of aliphatic hydroxyl groups is 2. The van der Waals surface area contributed by atoms with E-state index in [9.17, 15) is 19.8 Å². The van der Waals surface area contributed by atoms with Gasteiger partial charge < -0.3 is 20.3 Å². The van der Waals surface area contributed by atoms with Crippen LogP contribution in [0.15, 0.2) is 12.2 Å². The van der Waals surface area contributed by atoms with E-state index in [0.29, 0.717) is 25.9 Å². The summed E-state index contributed by atoms with van der Waals surface area (Å²) >= 11 is 0. The summed E-state index contributed by atoms with van der Waals surface area (Å²) in [6.45, 7) is 4.98. The van der Waals surface area contributed by atoms with E-state index in [2.05, 4.69) is 31.3 Å². The maximum atomic E-state index is 12.5. The fraction of sp³-hybridized carbons (Fsp3) is 0.939. The van der Waals surface area contributed by atoms with E-state index in [1.807, 2.05) is 0 Å². The molecule has 0 saturated heterocycles. The molecule has 0 radical (unpaired) electrons. The SMILES string of the molecule is CCCCCCCCCCCCCCCCCCCCCCCCCC(O)C(CO)NC(=O)CCCCCCCCC/C=C\CCCCCCCCCCOC(=O)CCCCCCCCCCCCCCC. The first-order valence-corrected chi connectivity index (χ1v) is 32.9. The third-order valence-corrected chi connectivity index (χ3v) is 15.6. The predicted octanol–water partition coefficient (Wildman–Crippen LogP) is 20.8. The molecule has 0 aliphatic heterocycles. The third-order valence-electron chi connectivity index (χ3n) is 15.6. The third kappa shape index (κ3) is 57.9. The normalized spacial score (nSPS) is 12.6. The Kier molecular flexibility index (Phi) is 60.9. The van der Waals surface area contributed by atoms with Crippen molar-refractivity contribution in [3.63, 3.8) is 0 Å². The lowest BCUT2D eigenvalue weighted by molar-refractivity contribution is -0.143. The van der Waals surface area contributed by atoms with Gasteiger partial charge in [-0.25, -0.2) is 0 Å². The standard InChI is InChI=1S/C66H129NO5/c1-3-5-7-9-11-13-15-17-18-19-20-21-22-23-25-28-31-35-38-42-46-50-54-58-64(69)63(62-68)67-65(70)59-55-51-47-43-39-36-32-29-26-24-27-30-33-37-41-45-49-53-57-61-72-66(71)60-56-52-48-44-40-34-16-14-12-10-8-6-4-2/h24,26,63-64,68-69H,3-23,25,27-62H2,1-2H3,(H,67,70)/b26-24-. The second-order valence-corrected chi connectivity index (χ2v) is 22.8. The van der Waals surface area contributed by atoms with Crippen LogP contribution in [0.4, 0.5) is 0 Å². The maximum Gasteiger partial charge on any atom is 0.305 e. The Hall–Kier alpha value is -1.40. The molecule has 428 valence electrons. The summed E-state index contributed by atoms with van der Waals surface area (Å²) in [6.07, 6.45) is 75.2. The van der Waals surface area contributed by atoms with E-state index in [1.165, 1.54) is 302 Å². The van der Waals surface area contributed by atoms with Gasteiger partial charge in [0.1, 0.15) is 0 Å². The Morgan fingerprint density at radius 3 is 0.986 bits per heavy atom. The summed E-state index contributed by atoms with van der Waals surface area (Å²) in [6, 6.07) is -0.549. The van der Waals surface area contributed by atoms with Crippen LogP contribution in [0.5, 0.6) is 0 Å². The molecule has 2 atom stereocenters. The summed E-state index contributed by atoms with van der Waals surface area (Å²) in [5, 5.41) is 23.4. The largest absolute Gasteiger partial charge is 0.466 e. The molecule has 0 heterocycles. The Morgan fingerprint density at radius 1 is 0.375 bits per heavy atom. The van der Waals surface area contributed by atoms with Gasteiger partial charge in [0.15, 0.2) is 0 Å². The van der Waals surface area contributed by atoms with E-state index in [0.717, 1.165) is 38.5 Å². The number of aliphatic hydroxyl groups excluding tert-OH is 2. The monoisotopic (exact) mass is 1020 g/mol. The van der Waals surface area contributed by atoms with E-state index < -0.39 is 12.1 Å². The van der Waals surface area contributed by atoms with Crippen molar-refractivity contribution < 1.29 is 24.5 Å². The highest BCUT2D eigenvalue weighted by Crippen LogP contribution is 2.18. The molecule has 0 saturated carbocycles. The number of rotatable bonds is 62. The van der Waals surface area contributed by atoms with Crippen LogP contribution in [0.2, 0.25) is 0 Å². The van der Waals surface area contributed by atoms with E-state index in [1.54, 1.807) is 0 Å². The summed E-state index contributed by atoms with van der Waals surface area (Å²) in [7, 11) is 0. The van der Waals surface area contributed by atoms with Crippen LogP contribution >= 0.6 is 0 Å². The summed E-state index contributed by atoms with van der Waals surface area (Å²) < 4.78 is 5.48. The number of nitrogens with one attached hydrogen (secondary N) is 1. The molecule has 0 aromatic carbocycles. The highest BCUT2D eigenvalue weighted by Gasteiger charge is 2.20. The van der Waals surface area contributed by atoms with Crippen molar-refractivity contribution in [2.45, 2.75) is 386 Å². The van der Waals surface area contributed by atoms with Crippen LogP contribution < -0.4 is 5.32 Å². The van der Waals surface area contributed by atoms with Crippen LogP contribution in [0.3, 0.4) is 0 Å². The minimum absolute atomic E-state index is 0.00662. The fourth-order valence-corrected chi connectivity index (χ4v) is 10.5. The number of allylic oxidation sites excluding steroid dienone is 2. The summed E-state index contributed by atoms with van der Waals surface area (Å²) in [5.74, 6) is -0.0334. The molecule has 0 bridgehead atoms. The van der Waals surface area contributed by atoms with E-state index >= 15 is 0 Å². The van der Waals surface area contributed by atoms with Gasteiger partial charge in [0.25, 0.3) is 0 Å². The van der Waals surface area contributed by atoms with E-state index in [4.69, 9.17) is 4.74 Å². The average molecular weight is 1020 g/mol. The number of hydrogen-bond donors (Lipinski definition) is 3. The molecule has 6 nitrogen and oxygen atoms in total. The highest BCUT2D eigenvalue weighted by molar-refractivity contribution is 5.76. The molecule has 0 aliphatic carbocycles. The molecule has 0 aromatic heterocycles. The van der Waals surface area contributed by atoms with Crippen molar-refractivity contribution in [2.24, 2.45) is 0 Å². The van der Waals surface area contributed by atoms with E-state index in [-0.39, 0.29) is 18.5 Å². The zero-order chi connectivity index (χ0) is 52.2. The van der Waals surface area contributed by atoms with Crippen molar-refractivity contribution in [3.05, 3.63) is 12.2 Å². The number of unbranched alkanes of at least 4 members (excludes halogenated alkanes) is 49. The molecule has 2 unspecified atom stereocenters. The first-order valence-electron chi connectivity index (χ1n) is 32.9. The molecule has 72 heavy (non-hydrogen) atoms. The number of ether oxygens (including phenoxy) is 1. The first kappa shape index (κ1) is 70.6. The average Bonchev–Trinajstić information content (AvgIpc) is 3.38. The minimum Gasteiger partial charge on any atom is -0.466 e. The van der Waals surface area contributed by atoms with Gasteiger partial charge in [0.2, 0.25) is 5.91 Å². The molecule has 3 N–H and O–H groups in total. The fourth-order valence-electron chi connectivity index (χ4n) is 10.5. The van der Waals surface area contributed by atoms with Gasteiger partial charge in [-0.2, -0.15) is 0 Å². The predicted molar refractivity (Wildman–Crippen MR) is 315 cm³/mol. The number of carbonyl (C=O) groups is 2. The zero-order valence-electron chi connectivity index (χ0n) is 48.9. The van der Waals surface area contributed by atoms with Crippen LogP contribution in [-0.4, -0.2) is 47.4 Å². The quantitative estimate of drug-likeness (QED) is 0.0320. The van der Waals surface area contributed by atoms with Gasteiger partial charge in [-0.3, -0.25) is 9.59 Å². The van der Waals surface area contributed by atoms with Gasteiger partial charge in [-0.05, 0) is 51.4 Å².